The molecule has 1 unspecified atom stereocenters. The first-order chi connectivity index (χ1) is 8.16. The Labute approximate surface area is 106 Å². The Morgan fingerprint density at radius 1 is 1.59 bits per heavy atom. The number of phenols is 1. The van der Waals surface area contributed by atoms with Gasteiger partial charge in [-0.15, -0.1) is 0 Å². The Morgan fingerprint density at radius 2 is 2.41 bits per heavy atom. The zero-order chi connectivity index (χ0) is 12.3. The number of hydrogen-bond donors (Lipinski definition) is 2. The van der Waals surface area contributed by atoms with Gasteiger partial charge in [0.2, 0.25) is 0 Å². The van der Waals surface area contributed by atoms with Gasteiger partial charge in [-0.25, -0.2) is 0 Å². The molecule has 1 heterocycles. The lowest BCUT2D eigenvalue weighted by molar-refractivity contribution is 0.0951. The van der Waals surface area contributed by atoms with Gasteiger partial charge in [-0.3, -0.25) is 4.79 Å². The summed E-state index contributed by atoms with van der Waals surface area (Å²) in [4.78, 5) is 11.9. The van der Waals surface area contributed by atoms with E-state index in [4.69, 9.17) is 0 Å². The standard InChI is InChI=1S/C13H17NO2S/c1-9-4-5-12(15)11(7-9)13(16)14-8-10-3-2-6-17-10/h4-5,7,10,15H,2-3,6,8H2,1H3,(H,14,16). The van der Waals surface area contributed by atoms with Gasteiger partial charge in [0.25, 0.3) is 5.91 Å². The van der Waals surface area contributed by atoms with Crippen LogP contribution < -0.4 is 5.32 Å². The van der Waals surface area contributed by atoms with Crippen molar-refractivity contribution in [1.82, 2.24) is 5.32 Å². The molecule has 0 spiro atoms. The minimum Gasteiger partial charge on any atom is -0.507 e. The van der Waals surface area contributed by atoms with E-state index in [-0.39, 0.29) is 11.7 Å². The molecule has 2 rings (SSSR count). The van der Waals surface area contributed by atoms with Crippen LogP contribution in [0.15, 0.2) is 18.2 Å². The van der Waals surface area contributed by atoms with Crippen molar-refractivity contribution in [2.45, 2.75) is 25.0 Å². The highest BCUT2D eigenvalue weighted by molar-refractivity contribution is 8.00. The number of carbonyl (C=O) groups is 1. The zero-order valence-electron chi connectivity index (χ0n) is 9.90. The third-order valence-electron chi connectivity index (χ3n) is 2.91. The van der Waals surface area contributed by atoms with E-state index in [0.29, 0.717) is 17.4 Å². The van der Waals surface area contributed by atoms with Gasteiger partial charge >= 0.3 is 0 Å². The van der Waals surface area contributed by atoms with Gasteiger partial charge in [0, 0.05) is 11.8 Å². The van der Waals surface area contributed by atoms with E-state index in [2.05, 4.69) is 5.32 Å². The molecule has 2 N–H and O–H groups in total. The number of rotatable bonds is 3. The summed E-state index contributed by atoms with van der Waals surface area (Å²) in [7, 11) is 0. The average molecular weight is 251 g/mol. The largest absolute Gasteiger partial charge is 0.507 e. The van der Waals surface area contributed by atoms with Crippen LogP contribution in [-0.2, 0) is 0 Å². The van der Waals surface area contributed by atoms with Crippen molar-refractivity contribution in [1.29, 1.82) is 0 Å². The lowest BCUT2D eigenvalue weighted by Crippen LogP contribution is -2.29. The second-order valence-electron chi connectivity index (χ2n) is 4.37. The van der Waals surface area contributed by atoms with E-state index in [1.54, 1.807) is 18.2 Å². The Kier molecular flexibility index (Phi) is 3.94. The number of carbonyl (C=O) groups excluding carboxylic acids is 1. The second kappa shape index (κ2) is 5.45. The topological polar surface area (TPSA) is 49.3 Å². The maximum absolute atomic E-state index is 11.9. The normalized spacial score (nSPS) is 19.2. The maximum atomic E-state index is 11.9. The van der Waals surface area contributed by atoms with Gasteiger partial charge in [-0.2, -0.15) is 11.8 Å². The Bertz CT molecular complexity index is 414. The smallest absolute Gasteiger partial charge is 0.255 e. The molecule has 1 atom stereocenters. The van der Waals surface area contributed by atoms with E-state index in [1.165, 1.54) is 18.6 Å². The van der Waals surface area contributed by atoms with Crippen molar-refractivity contribution < 1.29 is 9.90 Å². The average Bonchev–Trinajstić information content (AvgIpc) is 2.82. The monoisotopic (exact) mass is 251 g/mol. The molecule has 0 aromatic heterocycles. The molecule has 0 radical (unpaired) electrons. The summed E-state index contributed by atoms with van der Waals surface area (Å²) >= 11 is 1.91. The van der Waals surface area contributed by atoms with E-state index in [1.807, 2.05) is 18.7 Å². The fourth-order valence-electron chi connectivity index (χ4n) is 1.94. The number of aromatic hydroxyl groups is 1. The molecular weight excluding hydrogens is 234 g/mol. The number of hydrogen-bond acceptors (Lipinski definition) is 3. The number of phenolic OH excluding ortho intramolecular Hbond substituents is 1. The molecule has 1 aliphatic heterocycles. The zero-order valence-corrected chi connectivity index (χ0v) is 10.7. The maximum Gasteiger partial charge on any atom is 0.255 e. The molecule has 0 saturated carbocycles. The summed E-state index contributed by atoms with van der Waals surface area (Å²) in [6.45, 7) is 2.60. The summed E-state index contributed by atoms with van der Waals surface area (Å²) in [6.07, 6.45) is 2.41. The molecule has 1 saturated heterocycles. The molecule has 4 heteroatoms. The highest BCUT2D eigenvalue weighted by Crippen LogP contribution is 2.25. The minimum absolute atomic E-state index is 0.0483. The second-order valence-corrected chi connectivity index (χ2v) is 5.77. The van der Waals surface area contributed by atoms with Crippen LogP contribution in [0.1, 0.15) is 28.8 Å². The first-order valence-corrected chi connectivity index (χ1v) is 6.91. The predicted octanol–water partition coefficient (Wildman–Crippen LogP) is 2.33. The van der Waals surface area contributed by atoms with Crippen LogP contribution in [0.3, 0.4) is 0 Å². The fourth-order valence-corrected chi connectivity index (χ4v) is 3.14. The fraction of sp³-hybridized carbons (Fsp3) is 0.462. The summed E-state index contributed by atoms with van der Waals surface area (Å²) in [5, 5.41) is 13.1. The van der Waals surface area contributed by atoms with Crippen LogP contribution in [0, 0.1) is 6.92 Å². The van der Waals surface area contributed by atoms with Crippen molar-refractivity contribution in [3.8, 4) is 5.75 Å². The summed E-state index contributed by atoms with van der Waals surface area (Å²) in [5.74, 6) is 1.06. The number of nitrogens with one attached hydrogen (secondary N) is 1. The first-order valence-electron chi connectivity index (χ1n) is 5.86. The quantitative estimate of drug-likeness (QED) is 0.867. The van der Waals surface area contributed by atoms with E-state index in [9.17, 15) is 9.90 Å². The van der Waals surface area contributed by atoms with Gasteiger partial charge in [-0.1, -0.05) is 11.6 Å². The third kappa shape index (κ3) is 3.16. The molecule has 1 aromatic rings. The Hall–Kier alpha value is -1.16. The van der Waals surface area contributed by atoms with Gasteiger partial charge in [0.05, 0.1) is 5.56 Å². The minimum atomic E-state index is -0.182. The molecule has 17 heavy (non-hydrogen) atoms. The SMILES string of the molecule is Cc1ccc(O)c(C(=O)NCC2CCCS2)c1. The van der Waals surface area contributed by atoms with Gasteiger partial charge in [0.15, 0.2) is 0 Å². The van der Waals surface area contributed by atoms with Crippen LogP contribution >= 0.6 is 11.8 Å². The van der Waals surface area contributed by atoms with Gasteiger partial charge in [0.1, 0.15) is 5.75 Å². The number of thioether (sulfide) groups is 1. The van der Waals surface area contributed by atoms with Crippen molar-refractivity contribution in [2.75, 3.05) is 12.3 Å². The van der Waals surface area contributed by atoms with Crippen molar-refractivity contribution in [3.63, 3.8) is 0 Å². The van der Waals surface area contributed by atoms with Crippen LogP contribution in [0.25, 0.3) is 0 Å². The highest BCUT2D eigenvalue weighted by atomic mass is 32.2. The van der Waals surface area contributed by atoms with Crippen molar-refractivity contribution >= 4 is 17.7 Å². The first kappa shape index (κ1) is 12.3. The molecule has 3 nitrogen and oxygen atoms in total. The molecule has 92 valence electrons. The van der Waals surface area contributed by atoms with Crippen molar-refractivity contribution in [3.05, 3.63) is 29.3 Å². The Balaban J connectivity index is 1.96. The molecule has 1 aliphatic rings. The number of amides is 1. The third-order valence-corrected chi connectivity index (χ3v) is 4.31. The van der Waals surface area contributed by atoms with Crippen LogP contribution in [0.5, 0.6) is 5.75 Å². The van der Waals surface area contributed by atoms with E-state index < -0.39 is 0 Å². The van der Waals surface area contributed by atoms with E-state index >= 15 is 0 Å². The van der Waals surface area contributed by atoms with Gasteiger partial charge in [-0.05, 0) is 37.7 Å². The molecule has 1 fully saturated rings. The lowest BCUT2D eigenvalue weighted by Gasteiger charge is -2.11. The van der Waals surface area contributed by atoms with Crippen molar-refractivity contribution in [2.24, 2.45) is 0 Å². The van der Waals surface area contributed by atoms with Crippen LogP contribution in [-0.4, -0.2) is 28.6 Å². The highest BCUT2D eigenvalue weighted by Gasteiger charge is 2.17. The van der Waals surface area contributed by atoms with Gasteiger partial charge < -0.3 is 10.4 Å². The Morgan fingerprint density at radius 3 is 3.12 bits per heavy atom. The molecular formula is C13H17NO2S. The molecule has 1 amide bonds. The summed E-state index contributed by atoms with van der Waals surface area (Å²) < 4.78 is 0. The number of benzene rings is 1. The molecule has 0 bridgehead atoms. The lowest BCUT2D eigenvalue weighted by atomic mass is 10.1. The summed E-state index contributed by atoms with van der Waals surface area (Å²) in [5.41, 5.74) is 1.34. The van der Waals surface area contributed by atoms with Crippen LogP contribution in [0.2, 0.25) is 0 Å². The molecule has 0 aliphatic carbocycles. The van der Waals surface area contributed by atoms with E-state index in [0.717, 1.165) is 5.56 Å². The van der Waals surface area contributed by atoms with Crippen LogP contribution in [0.4, 0.5) is 0 Å². The summed E-state index contributed by atoms with van der Waals surface area (Å²) in [6, 6.07) is 5.07. The predicted molar refractivity (Wildman–Crippen MR) is 70.7 cm³/mol. The number of aryl methyl sites for hydroxylation is 1. The molecule has 1 aromatic carbocycles.